The lowest BCUT2D eigenvalue weighted by molar-refractivity contribution is -0.143. The second-order valence-electron chi connectivity index (χ2n) is 25.1. The third-order valence-corrected chi connectivity index (χ3v) is 18.5. The van der Waals surface area contributed by atoms with Crippen LogP contribution in [0.2, 0.25) is 10.0 Å². The first-order valence-electron chi connectivity index (χ1n) is 32.5. The van der Waals surface area contributed by atoms with Gasteiger partial charge in [0.2, 0.25) is 5.82 Å². The van der Waals surface area contributed by atoms with Crippen LogP contribution in [0.15, 0.2) is 172 Å². The van der Waals surface area contributed by atoms with Crippen molar-refractivity contribution in [3.05, 3.63) is 303 Å². The number of halogens is 25. The van der Waals surface area contributed by atoms with Crippen molar-refractivity contribution in [2.75, 3.05) is 0 Å². The lowest BCUT2D eigenvalue weighted by Gasteiger charge is -2.14. The zero-order valence-electron chi connectivity index (χ0n) is 57.1. The molecule has 16 rings (SSSR count). The average molecular weight is 1710 g/mol. The molecular weight excluding hydrogens is 1670 g/mol. The molecule has 16 nitrogen and oxygen atoms in total. The van der Waals surface area contributed by atoms with Crippen molar-refractivity contribution in [3.8, 4) is 68.5 Å². The SMILES string of the molecule is O=C1N=C(c2c(F)c(F)c(F)c(F)c2F)c2c(O)[nH]c(-c3cc(F)c(F)c(F)c3)c21.O=C1N=C(c2ccc(C(F)(F)F)cc2)c2c(O)[nH]c(-c3cccc(C(F)(F)F)c3)c21.O=C1N=C(c2cccc(C(F)(F)F)c2)c2c(O)[nH]c(-c3cc(C(F)(F)F)cc(C(F)(F)F)c3)c21.O=C1N=C(c2ccccc2Cl)c2c(O)[nH]c(-c3ccccc3Cl)c21. The molecule has 0 aliphatic carbocycles. The largest absolute Gasteiger partial charge is 0.494 e. The van der Waals surface area contributed by atoms with Gasteiger partial charge in [-0.3, -0.25) is 19.2 Å². The Hall–Kier alpha value is -13.6. The molecule has 4 amide bonds. The molecule has 8 heterocycles. The molecule has 0 unspecified atom stereocenters. The van der Waals surface area contributed by atoms with Crippen molar-refractivity contribution in [1.82, 2.24) is 19.9 Å². The highest BCUT2D eigenvalue weighted by atomic mass is 35.5. The number of amides is 4. The molecular formula is C77H33Cl2F23N8O8. The Bertz CT molecular complexity index is 6320. The molecule has 0 fully saturated rings. The lowest BCUT2D eigenvalue weighted by Crippen LogP contribution is -2.13. The first-order valence-corrected chi connectivity index (χ1v) is 33.2. The summed E-state index contributed by atoms with van der Waals surface area (Å²) in [6.45, 7) is 0. The molecule has 4 aliphatic heterocycles. The zero-order chi connectivity index (χ0) is 86.0. The number of aromatic amines is 4. The van der Waals surface area contributed by atoms with Crippen LogP contribution in [0.5, 0.6) is 23.5 Å². The second kappa shape index (κ2) is 29.9. The molecule has 4 aromatic heterocycles. The molecule has 0 bridgehead atoms. The van der Waals surface area contributed by atoms with Crippen LogP contribution >= 0.6 is 23.2 Å². The Labute approximate surface area is 649 Å². The third kappa shape index (κ3) is 15.1. The van der Waals surface area contributed by atoms with E-state index in [0.29, 0.717) is 74.0 Å². The first-order chi connectivity index (χ1) is 55.1. The molecule has 0 saturated heterocycles. The van der Waals surface area contributed by atoms with E-state index in [9.17, 15) is 141 Å². The second-order valence-corrected chi connectivity index (χ2v) is 26.0. The van der Waals surface area contributed by atoms with E-state index in [-0.39, 0.29) is 51.2 Å². The predicted molar refractivity (Wildman–Crippen MR) is 372 cm³/mol. The van der Waals surface area contributed by atoms with Crippen LogP contribution in [0.25, 0.3) is 45.0 Å². The highest BCUT2D eigenvalue weighted by molar-refractivity contribution is 6.40. The van der Waals surface area contributed by atoms with Gasteiger partial charge in [-0.2, -0.15) is 65.9 Å². The Morgan fingerprint density at radius 2 is 0.585 bits per heavy atom. The minimum absolute atomic E-state index is 0.00130. The highest BCUT2D eigenvalue weighted by Crippen LogP contribution is 2.48. The van der Waals surface area contributed by atoms with Crippen LogP contribution < -0.4 is 0 Å². The van der Waals surface area contributed by atoms with Gasteiger partial charge in [0.15, 0.2) is 64.2 Å². The van der Waals surface area contributed by atoms with E-state index in [2.05, 4.69) is 39.9 Å². The maximum Gasteiger partial charge on any atom is 0.416 e. The van der Waals surface area contributed by atoms with Crippen molar-refractivity contribution in [3.63, 3.8) is 0 Å². The molecule has 12 aromatic rings. The molecule has 0 radical (unpaired) electrons. The molecule has 41 heteroatoms. The summed E-state index contributed by atoms with van der Waals surface area (Å²) in [6.07, 6.45) is -24.3. The smallest absolute Gasteiger partial charge is 0.416 e. The Kier molecular flexibility index (Phi) is 20.9. The quantitative estimate of drug-likeness (QED) is 0.0411. The number of carbonyl (C=O) groups excluding carboxylic acids is 4. The van der Waals surface area contributed by atoms with Crippen molar-refractivity contribution in [1.29, 1.82) is 0 Å². The van der Waals surface area contributed by atoms with E-state index >= 15 is 0 Å². The number of rotatable bonds is 8. The van der Waals surface area contributed by atoms with Gasteiger partial charge in [-0.15, -0.1) is 0 Å². The van der Waals surface area contributed by atoms with Crippen molar-refractivity contribution >= 4 is 69.7 Å². The van der Waals surface area contributed by atoms with E-state index in [1.54, 1.807) is 48.5 Å². The van der Waals surface area contributed by atoms with E-state index in [1.807, 2.05) is 0 Å². The van der Waals surface area contributed by atoms with Crippen molar-refractivity contribution in [2.24, 2.45) is 20.0 Å². The molecule has 8 aromatic carbocycles. The number of carbonyl (C=O) groups is 4. The van der Waals surface area contributed by atoms with Gasteiger partial charge in [-0.1, -0.05) is 96.0 Å². The van der Waals surface area contributed by atoms with E-state index < -0.39 is 208 Å². The summed E-state index contributed by atoms with van der Waals surface area (Å²) in [5, 5.41) is 42.0. The summed E-state index contributed by atoms with van der Waals surface area (Å²) in [7, 11) is 0. The summed E-state index contributed by atoms with van der Waals surface area (Å²) in [5.74, 6) is -23.1. The van der Waals surface area contributed by atoms with Crippen LogP contribution in [0, 0.1) is 46.5 Å². The summed E-state index contributed by atoms with van der Waals surface area (Å²) < 4.78 is 305. The number of fused-ring (bicyclic) bond motifs is 4. The van der Waals surface area contributed by atoms with Crippen LogP contribution in [-0.4, -0.2) is 86.8 Å². The lowest BCUT2D eigenvalue weighted by atomic mass is 9.97. The fourth-order valence-corrected chi connectivity index (χ4v) is 13.1. The fraction of sp³-hybridized carbons (Fsp3) is 0.0649. The van der Waals surface area contributed by atoms with Crippen molar-refractivity contribution < 1.29 is 141 Å². The van der Waals surface area contributed by atoms with Crippen LogP contribution in [0.4, 0.5) is 101 Å². The van der Waals surface area contributed by atoms with E-state index in [1.165, 1.54) is 6.07 Å². The van der Waals surface area contributed by atoms with Crippen LogP contribution in [-0.2, 0) is 30.9 Å². The number of aromatic hydroxyl groups is 4. The van der Waals surface area contributed by atoms with Gasteiger partial charge in [0, 0.05) is 43.4 Å². The number of benzene rings is 8. The van der Waals surface area contributed by atoms with Crippen LogP contribution in [0.3, 0.4) is 0 Å². The molecule has 4 aliphatic rings. The maximum atomic E-state index is 14.1. The Morgan fingerprint density at radius 1 is 0.263 bits per heavy atom. The minimum atomic E-state index is -5.17. The van der Waals surface area contributed by atoms with Gasteiger partial charge < -0.3 is 40.4 Å². The number of nitrogens with one attached hydrogen (secondary N) is 4. The van der Waals surface area contributed by atoms with Gasteiger partial charge in [0.25, 0.3) is 23.6 Å². The summed E-state index contributed by atoms with van der Waals surface area (Å²) in [4.78, 5) is 74.0. The van der Waals surface area contributed by atoms with E-state index in [4.69, 9.17) is 23.2 Å². The molecule has 0 atom stereocenters. The first kappa shape index (κ1) is 82.4. The minimum Gasteiger partial charge on any atom is -0.494 e. The van der Waals surface area contributed by atoms with Crippen molar-refractivity contribution in [2.45, 2.75) is 30.9 Å². The summed E-state index contributed by atoms with van der Waals surface area (Å²) in [5.41, 5.74) is -12.0. The normalized spacial score (nSPS) is 13.7. The molecule has 0 saturated carbocycles. The number of aromatic nitrogens is 4. The number of H-pyrrole nitrogens is 4. The van der Waals surface area contributed by atoms with Gasteiger partial charge in [0.1, 0.15) is 0 Å². The number of aliphatic imine (C=N–C) groups is 4. The average Bonchev–Trinajstić information content (AvgIpc) is 1.59. The van der Waals surface area contributed by atoms with Gasteiger partial charge >= 0.3 is 30.9 Å². The number of nitrogens with zero attached hydrogens (tertiary/aromatic N) is 4. The standard InChI is InChI=1S/C21H9F9N2O2.C20H10F6N2O2.C18H10Cl2N2O2.C18H4F8N2O2/c22-19(23,24)10-3-1-2-8(4-10)15-13-14(18(34)31-15)16(32-17(13)33)9-5-11(20(25,26)27)7-12(6-9)21(28,29)30;21-19(22,23)11-6-4-9(5-7-11)15-13-14(18(30)27-15)16(28-17(13)29)10-2-1-3-12(8-10)20(24,25)26;19-11-7-3-1-5-9(11)15-13-14(18(24)21-15)16(22-17(13)23)10-6-2-4-8-12(10)20;19-4-1-3(2-5(20)9(4)21)15-6-7(18(30)27-15)16(28-17(6)29)8-10(22)12(24)14(26)13(25)11(8)23/h1-7,32-33H;1-8,28-29H;1-8,21,24H;1-2,27,30H. The highest BCUT2D eigenvalue weighted by Gasteiger charge is 2.44. The predicted octanol–water partition coefficient (Wildman–Crippen LogP) is 21.0. The van der Waals surface area contributed by atoms with Gasteiger partial charge in [-0.05, 0) is 84.4 Å². The summed E-state index contributed by atoms with van der Waals surface area (Å²) >= 11 is 12.4. The Morgan fingerprint density at radius 3 is 1.02 bits per heavy atom. The summed E-state index contributed by atoms with van der Waals surface area (Å²) in [6, 6.07) is 27.1. The topological polar surface area (TPSA) is 262 Å². The maximum absolute atomic E-state index is 14.1. The molecule has 8 N–H and O–H groups in total. The molecule has 118 heavy (non-hydrogen) atoms. The third-order valence-electron chi connectivity index (χ3n) is 17.9. The Balaban J connectivity index is 0.000000137. The number of hydrogen-bond donors (Lipinski definition) is 8. The van der Waals surface area contributed by atoms with Crippen LogP contribution in [0.1, 0.15) is 114 Å². The molecule has 0 spiro atoms. The zero-order valence-corrected chi connectivity index (χ0v) is 58.6. The van der Waals surface area contributed by atoms with Gasteiger partial charge in [-0.25, -0.2) is 55.1 Å². The number of alkyl halides is 15. The van der Waals surface area contributed by atoms with Gasteiger partial charge in [0.05, 0.1) is 124 Å². The monoisotopic (exact) mass is 1700 g/mol. The fourth-order valence-electron chi connectivity index (χ4n) is 12.7. The van der Waals surface area contributed by atoms with E-state index in [0.717, 1.165) is 60.7 Å². The molecule has 604 valence electrons. The number of hydrogen-bond acceptors (Lipinski definition) is 8.